The van der Waals surface area contributed by atoms with Crippen molar-refractivity contribution in [1.29, 1.82) is 0 Å². The van der Waals surface area contributed by atoms with Crippen LogP contribution in [-0.2, 0) is 6.54 Å². The fourth-order valence-electron chi connectivity index (χ4n) is 2.64. The summed E-state index contributed by atoms with van der Waals surface area (Å²) in [6.07, 6.45) is 3.95. The average molecular weight is 248 g/mol. The number of phenolic OH excluding ortho intramolecular Hbond substituents is 1. The van der Waals surface area contributed by atoms with Gasteiger partial charge < -0.3 is 10.4 Å². The smallest absolute Gasteiger partial charge is 0.115 e. The van der Waals surface area contributed by atoms with Gasteiger partial charge in [0.2, 0.25) is 0 Å². The van der Waals surface area contributed by atoms with Crippen molar-refractivity contribution in [2.24, 2.45) is 5.92 Å². The van der Waals surface area contributed by atoms with Crippen LogP contribution in [0.2, 0.25) is 0 Å². The molecule has 2 N–H and O–H groups in total. The van der Waals surface area contributed by atoms with Crippen molar-refractivity contribution in [3.63, 3.8) is 0 Å². The van der Waals surface area contributed by atoms with Crippen molar-refractivity contribution in [3.8, 4) is 5.75 Å². The number of piperidine rings is 1. The van der Waals surface area contributed by atoms with E-state index in [9.17, 15) is 5.11 Å². The molecule has 1 aromatic carbocycles. The number of rotatable bonds is 5. The van der Waals surface area contributed by atoms with Gasteiger partial charge >= 0.3 is 0 Å². The number of nitrogens with one attached hydrogen (secondary N) is 1. The molecule has 1 aromatic rings. The Kier molecular flexibility index (Phi) is 5.02. The van der Waals surface area contributed by atoms with E-state index in [0.717, 1.165) is 19.0 Å². The maximum Gasteiger partial charge on any atom is 0.115 e. The molecule has 3 heteroatoms. The Labute approximate surface area is 110 Å². The second-order valence-electron chi connectivity index (χ2n) is 5.28. The normalized spacial score (nSPS) is 18.1. The first-order valence-electron chi connectivity index (χ1n) is 6.93. The van der Waals surface area contributed by atoms with E-state index in [-0.39, 0.29) is 0 Å². The molecule has 0 amide bonds. The van der Waals surface area contributed by atoms with Crippen LogP contribution in [0.25, 0.3) is 0 Å². The molecular weight excluding hydrogens is 224 g/mol. The van der Waals surface area contributed by atoms with Crippen LogP contribution < -0.4 is 5.32 Å². The van der Waals surface area contributed by atoms with Gasteiger partial charge in [0.25, 0.3) is 0 Å². The lowest BCUT2D eigenvalue weighted by Crippen LogP contribution is -2.34. The summed E-state index contributed by atoms with van der Waals surface area (Å²) in [5.41, 5.74) is 1.29. The summed E-state index contributed by atoms with van der Waals surface area (Å²) in [4.78, 5) is 2.52. The van der Waals surface area contributed by atoms with Crippen LogP contribution in [-0.4, -0.2) is 36.7 Å². The Hall–Kier alpha value is -1.06. The minimum Gasteiger partial charge on any atom is -0.508 e. The molecule has 1 saturated heterocycles. The summed E-state index contributed by atoms with van der Waals surface area (Å²) in [6, 6.07) is 7.58. The summed E-state index contributed by atoms with van der Waals surface area (Å²) >= 11 is 0. The zero-order valence-corrected chi connectivity index (χ0v) is 11.2. The van der Waals surface area contributed by atoms with Crippen LogP contribution >= 0.6 is 0 Å². The molecule has 100 valence electrons. The summed E-state index contributed by atoms with van der Waals surface area (Å²) < 4.78 is 0. The number of likely N-dealkylation sites (tertiary alicyclic amines) is 1. The zero-order valence-electron chi connectivity index (χ0n) is 11.2. The Morgan fingerprint density at radius 3 is 2.50 bits per heavy atom. The molecule has 1 aliphatic heterocycles. The van der Waals surface area contributed by atoms with Crippen LogP contribution in [0.5, 0.6) is 5.75 Å². The Morgan fingerprint density at radius 2 is 1.89 bits per heavy atom. The van der Waals surface area contributed by atoms with Crippen LogP contribution in [0.3, 0.4) is 0 Å². The molecular formula is C15H24N2O. The van der Waals surface area contributed by atoms with Gasteiger partial charge in [0.05, 0.1) is 0 Å². The van der Waals surface area contributed by atoms with Crippen molar-refractivity contribution in [3.05, 3.63) is 29.8 Å². The largest absolute Gasteiger partial charge is 0.508 e. The Balaban J connectivity index is 1.74. The molecule has 0 unspecified atom stereocenters. The standard InChI is InChI=1S/C15H24N2O/c1-16-9-6-13-7-10-17(11-8-13)12-14-2-4-15(18)5-3-14/h2-5,13,16,18H,6-12H2,1H3. The molecule has 0 saturated carbocycles. The first-order chi connectivity index (χ1) is 8.78. The molecule has 0 spiro atoms. The van der Waals surface area contributed by atoms with Gasteiger partial charge in [-0.2, -0.15) is 0 Å². The lowest BCUT2D eigenvalue weighted by molar-refractivity contribution is 0.172. The predicted octanol–water partition coefficient (Wildman–Crippen LogP) is 2.21. The summed E-state index contributed by atoms with van der Waals surface area (Å²) in [7, 11) is 2.03. The molecule has 0 bridgehead atoms. The molecule has 2 rings (SSSR count). The van der Waals surface area contributed by atoms with Gasteiger partial charge in [0.1, 0.15) is 5.75 Å². The third kappa shape index (κ3) is 4.00. The van der Waals surface area contributed by atoms with Crippen molar-refractivity contribution < 1.29 is 5.11 Å². The molecule has 18 heavy (non-hydrogen) atoms. The quantitative estimate of drug-likeness (QED) is 0.838. The number of phenols is 1. The van der Waals surface area contributed by atoms with Gasteiger partial charge in [0, 0.05) is 6.54 Å². The number of aromatic hydroxyl groups is 1. The summed E-state index contributed by atoms with van der Waals surface area (Å²) in [6.45, 7) is 4.56. The molecule has 0 aliphatic carbocycles. The van der Waals surface area contributed by atoms with Crippen molar-refractivity contribution in [2.45, 2.75) is 25.8 Å². The lowest BCUT2D eigenvalue weighted by Gasteiger charge is -2.32. The van der Waals surface area contributed by atoms with E-state index in [0.29, 0.717) is 5.75 Å². The molecule has 3 nitrogen and oxygen atoms in total. The van der Waals surface area contributed by atoms with Gasteiger partial charge in [-0.3, -0.25) is 4.90 Å². The van der Waals surface area contributed by atoms with Crippen LogP contribution in [0, 0.1) is 5.92 Å². The van der Waals surface area contributed by atoms with Crippen LogP contribution in [0.4, 0.5) is 0 Å². The first-order valence-corrected chi connectivity index (χ1v) is 6.93. The van der Waals surface area contributed by atoms with Crippen molar-refractivity contribution in [2.75, 3.05) is 26.7 Å². The van der Waals surface area contributed by atoms with Gasteiger partial charge in [-0.15, -0.1) is 0 Å². The highest BCUT2D eigenvalue weighted by atomic mass is 16.3. The maximum atomic E-state index is 9.26. The van der Waals surface area contributed by atoms with E-state index in [1.54, 1.807) is 12.1 Å². The third-order valence-corrected chi connectivity index (χ3v) is 3.85. The summed E-state index contributed by atoms with van der Waals surface area (Å²) in [5, 5.41) is 12.5. The van der Waals surface area contributed by atoms with E-state index in [1.165, 1.54) is 37.9 Å². The molecule has 1 heterocycles. The number of nitrogens with zero attached hydrogens (tertiary/aromatic N) is 1. The van der Waals surface area contributed by atoms with Crippen LogP contribution in [0.1, 0.15) is 24.8 Å². The maximum absolute atomic E-state index is 9.26. The van der Waals surface area contributed by atoms with E-state index in [2.05, 4.69) is 10.2 Å². The second-order valence-corrected chi connectivity index (χ2v) is 5.28. The highest BCUT2D eigenvalue weighted by Gasteiger charge is 2.18. The highest BCUT2D eigenvalue weighted by Crippen LogP contribution is 2.21. The zero-order chi connectivity index (χ0) is 12.8. The lowest BCUT2D eigenvalue weighted by atomic mass is 9.93. The molecule has 0 atom stereocenters. The van der Waals surface area contributed by atoms with Gasteiger partial charge in [-0.1, -0.05) is 12.1 Å². The third-order valence-electron chi connectivity index (χ3n) is 3.85. The Morgan fingerprint density at radius 1 is 1.22 bits per heavy atom. The number of hydrogen-bond acceptors (Lipinski definition) is 3. The van der Waals surface area contributed by atoms with E-state index in [1.807, 2.05) is 19.2 Å². The van der Waals surface area contributed by atoms with Crippen molar-refractivity contribution in [1.82, 2.24) is 10.2 Å². The molecule has 0 aromatic heterocycles. The minimum absolute atomic E-state index is 0.351. The minimum atomic E-state index is 0.351. The van der Waals surface area contributed by atoms with E-state index in [4.69, 9.17) is 0 Å². The SMILES string of the molecule is CNCCC1CCN(Cc2ccc(O)cc2)CC1. The van der Waals surface area contributed by atoms with E-state index >= 15 is 0 Å². The van der Waals surface area contributed by atoms with E-state index < -0.39 is 0 Å². The summed E-state index contributed by atoms with van der Waals surface area (Å²) in [5.74, 6) is 1.25. The Bertz CT molecular complexity index is 342. The number of benzene rings is 1. The fraction of sp³-hybridized carbons (Fsp3) is 0.600. The topological polar surface area (TPSA) is 35.5 Å². The average Bonchev–Trinajstić information content (AvgIpc) is 2.41. The van der Waals surface area contributed by atoms with Gasteiger partial charge in [-0.05, 0) is 69.6 Å². The molecule has 1 aliphatic rings. The number of hydrogen-bond donors (Lipinski definition) is 2. The van der Waals surface area contributed by atoms with Gasteiger partial charge in [0.15, 0.2) is 0 Å². The van der Waals surface area contributed by atoms with Crippen molar-refractivity contribution >= 4 is 0 Å². The van der Waals surface area contributed by atoms with Crippen LogP contribution in [0.15, 0.2) is 24.3 Å². The second kappa shape index (κ2) is 6.76. The fourth-order valence-corrected chi connectivity index (χ4v) is 2.64. The predicted molar refractivity (Wildman–Crippen MR) is 74.7 cm³/mol. The van der Waals surface area contributed by atoms with Gasteiger partial charge in [-0.25, -0.2) is 0 Å². The molecule has 1 fully saturated rings. The highest BCUT2D eigenvalue weighted by molar-refractivity contribution is 5.25. The first kappa shape index (κ1) is 13.4. The monoisotopic (exact) mass is 248 g/mol. The molecule has 0 radical (unpaired) electrons.